The summed E-state index contributed by atoms with van der Waals surface area (Å²) in [5.74, 6) is -0.681. The predicted octanol–water partition coefficient (Wildman–Crippen LogP) is 3.65. The van der Waals surface area contributed by atoms with Gasteiger partial charge in [0.1, 0.15) is 0 Å². The van der Waals surface area contributed by atoms with Gasteiger partial charge in [0.15, 0.2) is 6.04 Å². The van der Waals surface area contributed by atoms with Crippen LogP contribution in [0.3, 0.4) is 0 Å². The number of hydroxylamine groups is 2. The summed E-state index contributed by atoms with van der Waals surface area (Å²) in [4.78, 5) is 37.6. The van der Waals surface area contributed by atoms with Gasteiger partial charge >= 0.3 is 5.97 Å². The number of pyridine rings is 1. The Balaban J connectivity index is 1.65. The van der Waals surface area contributed by atoms with Gasteiger partial charge in [0.25, 0.3) is 0 Å². The summed E-state index contributed by atoms with van der Waals surface area (Å²) < 4.78 is 0. The van der Waals surface area contributed by atoms with Crippen LogP contribution in [0, 0.1) is 0 Å². The second kappa shape index (κ2) is 13.3. The molecule has 0 unspecified atom stereocenters. The lowest BCUT2D eigenvalue weighted by atomic mass is 10.1. The number of hydrogen-bond acceptors (Lipinski definition) is 6. The molecular formula is C25H33N3O4S. The molecule has 0 aliphatic carbocycles. The molecule has 0 bridgehead atoms. The Morgan fingerprint density at radius 1 is 1.24 bits per heavy atom. The van der Waals surface area contributed by atoms with Crippen molar-refractivity contribution in [1.29, 1.82) is 0 Å². The zero-order valence-electron chi connectivity index (χ0n) is 19.1. The highest BCUT2D eigenvalue weighted by Crippen LogP contribution is 2.22. The molecule has 1 aromatic carbocycles. The van der Waals surface area contributed by atoms with E-state index in [1.165, 1.54) is 0 Å². The summed E-state index contributed by atoms with van der Waals surface area (Å²) >= 11 is 1.56. The molecule has 3 rings (SSSR count). The van der Waals surface area contributed by atoms with Crippen LogP contribution in [0.5, 0.6) is 0 Å². The smallest absolute Gasteiger partial charge is 0.329 e. The summed E-state index contributed by atoms with van der Waals surface area (Å²) in [6.45, 7) is 2.00. The van der Waals surface area contributed by atoms with Crippen LogP contribution in [0.1, 0.15) is 36.8 Å². The number of benzene rings is 1. The van der Waals surface area contributed by atoms with Gasteiger partial charge in [0.2, 0.25) is 5.91 Å². The van der Waals surface area contributed by atoms with Gasteiger partial charge < -0.3 is 5.11 Å². The van der Waals surface area contributed by atoms with E-state index in [1.54, 1.807) is 18.0 Å². The fraction of sp³-hybridized carbons (Fsp3) is 0.480. The molecule has 1 aliphatic rings. The molecule has 2 atom stereocenters. The number of carboxylic acid groups (broad SMARTS) is 1. The summed E-state index contributed by atoms with van der Waals surface area (Å²) in [5.41, 5.74) is 2.17. The highest BCUT2D eigenvalue weighted by Gasteiger charge is 2.33. The maximum absolute atomic E-state index is 13.1. The van der Waals surface area contributed by atoms with Crippen LogP contribution < -0.4 is 0 Å². The van der Waals surface area contributed by atoms with Crippen molar-refractivity contribution >= 4 is 23.6 Å². The summed E-state index contributed by atoms with van der Waals surface area (Å²) in [6.07, 6.45) is 8.64. The lowest BCUT2D eigenvalue weighted by Gasteiger charge is -2.31. The highest BCUT2D eigenvalue weighted by atomic mass is 32.2. The molecule has 2 heterocycles. The van der Waals surface area contributed by atoms with Crippen LogP contribution in [0.4, 0.5) is 0 Å². The average Bonchev–Trinajstić information content (AvgIpc) is 3.27. The molecule has 33 heavy (non-hydrogen) atoms. The van der Waals surface area contributed by atoms with Crippen molar-refractivity contribution in [2.75, 3.05) is 25.2 Å². The number of carbonyl (C=O) groups is 2. The van der Waals surface area contributed by atoms with E-state index in [4.69, 9.17) is 4.84 Å². The molecule has 7 nitrogen and oxygen atoms in total. The predicted molar refractivity (Wildman–Crippen MR) is 130 cm³/mol. The number of amides is 1. The highest BCUT2D eigenvalue weighted by molar-refractivity contribution is 7.98. The molecule has 1 saturated heterocycles. The zero-order chi connectivity index (χ0) is 23.5. The van der Waals surface area contributed by atoms with E-state index in [1.807, 2.05) is 54.9 Å². The van der Waals surface area contributed by atoms with Crippen LogP contribution in [0.2, 0.25) is 0 Å². The Morgan fingerprint density at radius 3 is 2.73 bits per heavy atom. The van der Waals surface area contributed by atoms with E-state index < -0.39 is 12.0 Å². The first-order chi connectivity index (χ1) is 16.1. The number of nitrogens with zero attached hydrogens (tertiary/aromatic N) is 3. The molecule has 8 heteroatoms. The Labute approximate surface area is 200 Å². The summed E-state index contributed by atoms with van der Waals surface area (Å²) in [6, 6.07) is 12.8. The lowest BCUT2D eigenvalue weighted by Crippen LogP contribution is -2.47. The minimum atomic E-state index is -1.03. The molecule has 1 N–H and O–H groups in total. The van der Waals surface area contributed by atoms with Crippen molar-refractivity contribution in [3.8, 4) is 0 Å². The lowest BCUT2D eigenvalue weighted by molar-refractivity contribution is -0.211. The van der Waals surface area contributed by atoms with E-state index >= 15 is 0 Å². The minimum Gasteiger partial charge on any atom is -0.480 e. The maximum atomic E-state index is 13.1. The second-order valence-corrected chi connectivity index (χ2v) is 9.25. The van der Waals surface area contributed by atoms with Gasteiger partial charge in [-0.1, -0.05) is 36.4 Å². The number of aromatic nitrogens is 1. The number of hydrogen-bond donors (Lipinski definition) is 1. The monoisotopic (exact) mass is 471 g/mol. The minimum absolute atomic E-state index is 0.129. The van der Waals surface area contributed by atoms with Gasteiger partial charge in [0.05, 0.1) is 6.61 Å². The zero-order valence-corrected chi connectivity index (χ0v) is 20.0. The standard InChI is InChI=1S/C25H33N3O4S/c1-33-16-13-23(25(30)31)28(24(29)12-11-20-7-3-2-4-8-20)32-19-22-10-6-15-27(22)18-21-9-5-14-26-17-21/h2-5,7-9,14,17,22-23H,6,10-13,15-16,18-19H2,1H3,(H,30,31)/t22-,23-/m0/s1. The second-order valence-electron chi connectivity index (χ2n) is 8.26. The molecule has 0 spiro atoms. The van der Waals surface area contributed by atoms with Gasteiger partial charge in [-0.2, -0.15) is 11.8 Å². The molecule has 1 fully saturated rings. The summed E-state index contributed by atoms with van der Waals surface area (Å²) in [7, 11) is 0. The topological polar surface area (TPSA) is 83.0 Å². The Kier molecular flexibility index (Phi) is 10.2. The third kappa shape index (κ3) is 7.84. The maximum Gasteiger partial charge on any atom is 0.329 e. The van der Waals surface area contributed by atoms with Crippen LogP contribution in [-0.2, 0) is 27.4 Å². The van der Waals surface area contributed by atoms with Gasteiger partial charge in [-0.05, 0) is 61.4 Å². The van der Waals surface area contributed by atoms with Gasteiger partial charge in [-0.3, -0.25) is 19.5 Å². The number of rotatable bonds is 13. The number of carbonyl (C=O) groups excluding carboxylic acids is 1. The molecule has 2 aromatic rings. The van der Waals surface area contributed by atoms with Crippen LogP contribution in [0.15, 0.2) is 54.9 Å². The van der Waals surface area contributed by atoms with Crippen LogP contribution in [0.25, 0.3) is 0 Å². The number of thioether (sulfide) groups is 1. The normalized spacial score (nSPS) is 17.1. The molecule has 178 valence electrons. The Morgan fingerprint density at radius 2 is 2.03 bits per heavy atom. The van der Waals surface area contributed by atoms with Crippen LogP contribution in [-0.4, -0.2) is 69.2 Å². The van der Waals surface area contributed by atoms with Gasteiger partial charge in [0, 0.05) is 31.4 Å². The number of likely N-dealkylation sites (tertiary alicyclic amines) is 1. The number of carboxylic acids is 1. The largest absolute Gasteiger partial charge is 0.480 e. The Bertz CT molecular complexity index is 868. The van der Waals surface area contributed by atoms with Crippen molar-refractivity contribution in [3.63, 3.8) is 0 Å². The van der Waals surface area contributed by atoms with Crippen molar-refractivity contribution in [1.82, 2.24) is 14.9 Å². The molecule has 1 amide bonds. The summed E-state index contributed by atoms with van der Waals surface area (Å²) in [5, 5.41) is 11.0. The average molecular weight is 472 g/mol. The first-order valence-corrected chi connectivity index (χ1v) is 12.8. The molecular weight excluding hydrogens is 438 g/mol. The van der Waals surface area contributed by atoms with E-state index in [2.05, 4.69) is 9.88 Å². The first-order valence-electron chi connectivity index (χ1n) is 11.4. The van der Waals surface area contributed by atoms with Crippen molar-refractivity contribution < 1.29 is 19.5 Å². The fourth-order valence-electron chi connectivity index (χ4n) is 4.10. The van der Waals surface area contributed by atoms with E-state index in [-0.39, 0.29) is 18.4 Å². The molecule has 0 radical (unpaired) electrons. The van der Waals surface area contributed by atoms with Gasteiger partial charge in [-0.25, -0.2) is 9.86 Å². The van der Waals surface area contributed by atoms with E-state index in [0.29, 0.717) is 25.2 Å². The molecule has 0 saturated carbocycles. The number of aliphatic carboxylic acids is 1. The van der Waals surface area contributed by atoms with Crippen molar-refractivity contribution in [3.05, 3.63) is 66.0 Å². The van der Waals surface area contributed by atoms with E-state index in [9.17, 15) is 14.7 Å². The number of aryl methyl sites for hydroxylation is 1. The Hall–Kier alpha value is -2.42. The van der Waals surface area contributed by atoms with E-state index in [0.717, 1.165) is 42.1 Å². The van der Waals surface area contributed by atoms with Crippen LogP contribution >= 0.6 is 11.8 Å². The first kappa shape index (κ1) is 25.2. The van der Waals surface area contributed by atoms with Gasteiger partial charge in [-0.15, -0.1) is 0 Å². The third-order valence-corrected chi connectivity index (χ3v) is 6.54. The SMILES string of the molecule is CSCC[C@@H](C(=O)O)N(OC[C@@H]1CCCN1Cc1cccnc1)C(=O)CCc1ccccc1. The molecule has 1 aromatic heterocycles. The quantitative estimate of drug-likeness (QED) is 0.447. The van der Waals surface area contributed by atoms with Crippen molar-refractivity contribution in [2.45, 2.75) is 50.7 Å². The third-order valence-electron chi connectivity index (χ3n) is 5.89. The van der Waals surface area contributed by atoms with Crippen molar-refractivity contribution in [2.24, 2.45) is 0 Å². The fourth-order valence-corrected chi connectivity index (χ4v) is 4.56. The molecule has 1 aliphatic heterocycles.